The van der Waals surface area contributed by atoms with Crippen LogP contribution in [0.25, 0.3) is 0 Å². The zero-order valence-corrected chi connectivity index (χ0v) is 36.5. The molecule has 0 aliphatic carbocycles. The minimum atomic E-state index is -4.74. The van der Waals surface area contributed by atoms with E-state index in [1.54, 1.807) is 0 Å². The molecular formula is C46H76NO10P. The molecule has 58 heavy (non-hydrogen) atoms. The van der Waals surface area contributed by atoms with E-state index in [1.165, 1.54) is 44.9 Å². The lowest BCUT2D eigenvalue weighted by atomic mass is 10.1. The second-order valence-electron chi connectivity index (χ2n) is 14.1. The second kappa shape index (κ2) is 40.4. The van der Waals surface area contributed by atoms with Gasteiger partial charge in [0.05, 0.1) is 13.2 Å². The summed E-state index contributed by atoms with van der Waals surface area (Å²) in [6, 6.07) is -1.54. The number of carbonyl (C=O) groups is 3. The highest BCUT2D eigenvalue weighted by molar-refractivity contribution is 7.47. The van der Waals surface area contributed by atoms with E-state index in [2.05, 4.69) is 103 Å². The Morgan fingerprint density at radius 3 is 1.36 bits per heavy atom. The number of phosphoric acid groups is 1. The number of rotatable bonds is 39. The second-order valence-corrected chi connectivity index (χ2v) is 15.6. The van der Waals surface area contributed by atoms with Crippen LogP contribution in [0.15, 0.2) is 85.1 Å². The molecule has 0 saturated carbocycles. The molecular weight excluding hydrogens is 757 g/mol. The third-order valence-electron chi connectivity index (χ3n) is 8.62. The fourth-order valence-corrected chi connectivity index (χ4v) is 5.95. The van der Waals surface area contributed by atoms with Crippen molar-refractivity contribution in [3.05, 3.63) is 85.1 Å². The van der Waals surface area contributed by atoms with Crippen LogP contribution in [0.1, 0.15) is 155 Å². The molecule has 3 atom stereocenters. The lowest BCUT2D eigenvalue weighted by Crippen LogP contribution is -2.34. The van der Waals surface area contributed by atoms with E-state index in [-0.39, 0.29) is 19.4 Å². The van der Waals surface area contributed by atoms with Crippen molar-refractivity contribution in [2.75, 3.05) is 19.8 Å². The van der Waals surface area contributed by atoms with Crippen molar-refractivity contribution in [1.82, 2.24) is 0 Å². The highest BCUT2D eigenvalue weighted by Crippen LogP contribution is 2.43. The largest absolute Gasteiger partial charge is 0.480 e. The van der Waals surface area contributed by atoms with Gasteiger partial charge in [-0.2, -0.15) is 0 Å². The standard InChI is InChI=1S/C46H76NO10P/c1-3-5-7-9-11-13-15-17-19-20-21-22-24-26-28-30-32-34-36-38-45(49)57-42(40-55-58(52,53)56-41-43(47)46(50)51)39-54-44(48)37-35-33-31-29-27-25-23-18-16-14-12-10-8-6-4-2/h11-14,17-19,21-23,26-29,42-43H,3-10,15-16,20,24-25,30-41,47H2,1-2H3,(H,50,51)(H,52,53)/b13-11-,14-12-,19-17-,22-21-,23-18-,28-26-,29-27-/t42-,43+/m1/s1. The number of phosphoric ester groups is 1. The van der Waals surface area contributed by atoms with Crippen LogP contribution in [0.3, 0.4) is 0 Å². The first-order chi connectivity index (χ1) is 28.1. The molecule has 0 rings (SSSR count). The molecule has 0 aromatic heterocycles. The van der Waals surface area contributed by atoms with Crippen LogP contribution < -0.4 is 5.73 Å². The molecule has 330 valence electrons. The molecule has 0 aliphatic heterocycles. The number of unbranched alkanes of at least 4 members (excludes halogenated alkanes) is 11. The molecule has 0 heterocycles. The van der Waals surface area contributed by atoms with Gasteiger partial charge in [-0.15, -0.1) is 0 Å². The molecule has 0 fully saturated rings. The molecule has 0 radical (unpaired) electrons. The number of carboxylic acids is 1. The third kappa shape index (κ3) is 39.5. The Labute approximate surface area is 350 Å². The molecule has 0 aliphatic rings. The number of carbonyl (C=O) groups excluding carboxylic acids is 2. The van der Waals surface area contributed by atoms with Gasteiger partial charge in [-0.3, -0.25) is 23.4 Å². The van der Waals surface area contributed by atoms with Crippen molar-refractivity contribution < 1.29 is 47.5 Å². The van der Waals surface area contributed by atoms with Gasteiger partial charge in [0.2, 0.25) is 0 Å². The molecule has 12 heteroatoms. The van der Waals surface area contributed by atoms with Gasteiger partial charge in [-0.1, -0.05) is 131 Å². The maximum absolute atomic E-state index is 12.6. The van der Waals surface area contributed by atoms with E-state index in [9.17, 15) is 23.8 Å². The van der Waals surface area contributed by atoms with Crippen LogP contribution in [-0.2, 0) is 37.5 Å². The van der Waals surface area contributed by atoms with Gasteiger partial charge < -0.3 is 25.2 Å². The average Bonchev–Trinajstić information content (AvgIpc) is 3.20. The molecule has 0 saturated heterocycles. The molecule has 0 amide bonds. The van der Waals surface area contributed by atoms with E-state index < -0.39 is 51.1 Å². The smallest absolute Gasteiger partial charge is 0.472 e. The first-order valence-electron chi connectivity index (χ1n) is 21.6. The summed E-state index contributed by atoms with van der Waals surface area (Å²) < 4.78 is 32.6. The number of ether oxygens (including phenoxy) is 2. The summed E-state index contributed by atoms with van der Waals surface area (Å²) in [5.74, 6) is -2.48. The van der Waals surface area contributed by atoms with Gasteiger partial charge in [0.1, 0.15) is 12.6 Å². The van der Waals surface area contributed by atoms with Crippen LogP contribution in [-0.4, -0.2) is 59.9 Å². The molecule has 11 nitrogen and oxygen atoms in total. The predicted octanol–water partition coefficient (Wildman–Crippen LogP) is 11.5. The van der Waals surface area contributed by atoms with Crippen molar-refractivity contribution >= 4 is 25.7 Å². The van der Waals surface area contributed by atoms with Gasteiger partial charge in [-0.05, 0) is 96.3 Å². The number of esters is 2. The third-order valence-corrected chi connectivity index (χ3v) is 9.57. The van der Waals surface area contributed by atoms with Gasteiger partial charge >= 0.3 is 25.7 Å². The molecule has 0 bridgehead atoms. The Balaban J connectivity index is 4.52. The lowest BCUT2D eigenvalue weighted by Gasteiger charge is -2.20. The van der Waals surface area contributed by atoms with Crippen LogP contribution in [0, 0.1) is 0 Å². The Kier molecular flexibility index (Phi) is 38.1. The molecule has 0 aromatic rings. The summed E-state index contributed by atoms with van der Waals surface area (Å²) in [6.45, 7) is 2.65. The van der Waals surface area contributed by atoms with Crippen molar-refractivity contribution in [1.29, 1.82) is 0 Å². The maximum Gasteiger partial charge on any atom is 0.472 e. The summed E-state index contributed by atoms with van der Waals surface area (Å²) in [5, 5.41) is 8.89. The number of allylic oxidation sites excluding steroid dienone is 14. The molecule has 0 spiro atoms. The molecule has 1 unspecified atom stereocenters. The molecule has 0 aromatic carbocycles. The van der Waals surface area contributed by atoms with E-state index >= 15 is 0 Å². The van der Waals surface area contributed by atoms with E-state index in [1.807, 2.05) is 0 Å². The molecule has 4 N–H and O–H groups in total. The minimum absolute atomic E-state index is 0.110. The van der Waals surface area contributed by atoms with Crippen LogP contribution in [0.4, 0.5) is 0 Å². The minimum Gasteiger partial charge on any atom is -0.480 e. The van der Waals surface area contributed by atoms with Crippen LogP contribution in [0.2, 0.25) is 0 Å². The summed E-state index contributed by atoms with van der Waals surface area (Å²) in [6.07, 6.45) is 49.3. The van der Waals surface area contributed by atoms with Crippen molar-refractivity contribution in [2.45, 2.75) is 167 Å². The normalized spacial score (nSPS) is 14.6. The Hall–Kier alpha value is -3.34. The average molecular weight is 834 g/mol. The van der Waals surface area contributed by atoms with Gasteiger partial charge in [0.15, 0.2) is 6.10 Å². The van der Waals surface area contributed by atoms with Crippen molar-refractivity contribution in [2.24, 2.45) is 5.73 Å². The van der Waals surface area contributed by atoms with Gasteiger partial charge in [0.25, 0.3) is 0 Å². The fourth-order valence-electron chi connectivity index (χ4n) is 5.17. The monoisotopic (exact) mass is 834 g/mol. The summed E-state index contributed by atoms with van der Waals surface area (Å²) in [4.78, 5) is 45.9. The van der Waals surface area contributed by atoms with Crippen LogP contribution >= 0.6 is 7.82 Å². The maximum atomic E-state index is 12.6. The van der Waals surface area contributed by atoms with E-state index in [4.69, 9.17) is 24.8 Å². The Morgan fingerprint density at radius 1 is 0.534 bits per heavy atom. The predicted molar refractivity (Wildman–Crippen MR) is 235 cm³/mol. The van der Waals surface area contributed by atoms with E-state index in [0.717, 1.165) is 70.6 Å². The van der Waals surface area contributed by atoms with Gasteiger partial charge in [-0.25, -0.2) is 4.57 Å². The summed E-state index contributed by atoms with van der Waals surface area (Å²) in [7, 11) is -4.74. The Morgan fingerprint density at radius 2 is 0.914 bits per heavy atom. The first kappa shape index (κ1) is 54.7. The fraction of sp³-hybridized carbons (Fsp3) is 0.630. The summed E-state index contributed by atoms with van der Waals surface area (Å²) in [5.41, 5.74) is 5.33. The van der Waals surface area contributed by atoms with Crippen LogP contribution in [0.5, 0.6) is 0 Å². The Bertz CT molecular complexity index is 1300. The highest BCUT2D eigenvalue weighted by atomic mass is 31.2. The zero-order chi connectivity index (χ0) is 42.8. The van der Waals surface area contributed by atoms with Crippen molar-refractivity contribution in [3.63, 3.8) is 0 Å². The van der Waals surface area contributed by atoms with Crippen molar-refractivity contribution in [3.8, 4) is 0 Å². The number of hydrogen-bond acceptors (Lipinski definition) is 9. The number of aliphatic carboxylic acids is 1. The SMILES string of the molecule is CCCCC/C=C\C/C=C\C/C=C\C/C=C\CCCCCC(=O)O[C@H](COC(=O)CCCC/C=C\C/C=C\C/C=C\CCCCC)COP(=O)(O)OC[C@H](N)C(=O)O. The van der Waals surface area contributed by atoms with E-state index in [0.29, 0.717) is 12.8 Å². The number of hydrogen-bond donors (Lipinski definition) is 3. The summed E-state index contributed by atoms with van der Waals surface area (Å²) >= 11 is 0. The lowest BCUT2D eigenvalue weighted by molar-refractivity contribution is -0.161. The number of nitrogens with two attached hydrogens (primary N) is 1. The topological polar surface area (TPSA) is 172 Å². The van der Waals surface area contributed by atoms with Gasteiger partial charge in [0, 0.05) is 12.8 Å². The highest BCUT2D eigenvalue weighted by Gasteiger charge is 2.28. The quantitative estimate of drug-likeness (QED) is 0.0233. The zero-order valence-electron chi connectivity index (χ0n) is 35.6. The number of carboxylic acid groups (broad SMARTS) is 1. The first-order valence-corrected chi connectivity index (χ1v) is 23.1.